The zero-order valence-electron chi connectivity index (χ0n) is 13.5. The predicted octanol–water partition coefficient (Wildman–Crippen LogP) is 1.06. The van der Waals surface area contributed by atoms with Gasteiger partial charge in [-0.3, -0.25) is 9.59 Å². The van der Waals surface area contributed by atoms with Crippen molar-refractivity contribution in [2.45, 2.75) is 50.9 Å². The second-order valence-electron chi connectivity index (χ2n) is 7.00. The minimum absolute atomic E-state index is 0.159. The zero-order chi connectivity index (χ0) is 16.0. The molecule has 1 aromatic rings. The van der Waals surface area contributed by atoms with Crippen LogP contribution in [0.2, 0.25) is 0 Å². The van der Waals surface area contributed by atoms with Crippen LogP contribution in [0.4, 0.5) is 0 Å². The maximum atomic E-state index is 12.6. The molecule has 0 spiro atoms. The standard InChI is InChI=1S/C18H23N3O2/c1-12-4-6-13(7-5-12)10-19-14-9-16-18(23)20-8-2-3-15(20)17(22)21(16)11-14/h4-7,14-16,19H,2-3,8-11H2,1H3/t14-,15+,16-/m0/s1. The van der Waals surface area contributed by atoms with Gasteiger partial charge in [0.25, 0.3) is 0 Å². The van der Waals surface area contributed by atoms with Gasteiger partial charge in [-0.15, -0.1) is 0 Å². The molecule has 3 saturated heterocycles. The number of aryl methyl sites for hydroxylation is 1. The number of nitrogens with one attached hydrogen (secondary N) is 1. The van der Waals surface area contributed by atoms with Crippen LogP contribution in [0.1, 0.15) is 30.4 Å². The van der Waals surface area contributed by atoms with E-state index in [4.69, 9.17) is 0 Å². The molecule has 3 heterocycles. The monoisotopic (exact) mass is 313 g/mol. The minimum atomic E-state index is -0.243. The average Bonchev–Trinajstić information content (AvgIpc) is 3.19. The smallest absolute Gasteiger partial charge is 0.246 e. The number of amides is 2. The van der Waals surface area contributed by atoms with Crippen molar-refractivity contribution in [1.82, 2.24) is 15.1 Å². The van der Waals surface area contributed by atoms with Gasteiger partial charge in [-0.05, 0) is 31.7 Å². The number of rotatable bonds is 3. The molecule has 5 heteroatoms. The lowest BCUT2D eigenvalue weighted by atomic mass is 10.1. The van der Waals surface area contributed by atoms with Crippen molar-refractivity contribution in [1.29, 1.82) is 0 Å². The Morgan fingerprint density at radius 1 is 1.09 bits per heavy atom. The molecule has 0 saturated carbocycles. The van der Waals surface area contributed by atoms with Crippen LogP contribution in [-0.4, -0.2) is 52.8 Å². The Labute approximate surface area is 136 Å². The van der Waals surface area contributed by atoms with Gasteiger partial charge in [0.1, 0.15) is 12.1 Å². The molecule has 0 aromatic heterocycles. The number of fused-ring (bicyclic) bond motifs is 2. The van der Waals surface area contributed by atoms with Crippen LogP contribution in [-0.2, 0) is 16.1 Å². The Kier molecular flexibility index (Phi) is 3.60. The van der Waals surface area contributed by atoms with Crippen LogP contribution in [0, 0.1) is 6.92 Å². The van der Waals surface area contributed by atoms with E-state index in [1.807, 2.05) is 9.80 Å². The molecule has 3 atom stereocenters. The molecule has 3 aliphatic rings. The van der Waals surface area contributed by atoms with E-state index in [1.54, 1.807) is 0 Å². The van der Waals surface area contributed by atoms with Crippen molar-refractivity contribution >= 4 is 11.8 Å². The van der Waals surface area contributed by atoms with Gasteiger partial charge in [-0.25, -0.2) is 0 Å². The number of nitrogens with zero attached hydrogens (tertiary/aromatic N) is 2. The first-order chi connectivity index (χ1) is 11.1. The second-order valence-corrected chi connectivity index (χ2v) is 7.00. The molecular formula is C18H23N3O2. The summed E-state index contributed by atoms with van der Waals surface area (Å²) in [4.78, 5) is 28.8. The van der Waals surface area contributed by atoms with Crippen LogP contribution in [0.15, 0.2) is 24.3 Å². The zero-order valence-corrected chi connectivity index (χ0v) is 13.5. The van der Waals surface area contributed by atoms with E-state index >= 15 is 0 Å². The quantitative estimate of drug-likeness (QED) is 0.908. The van der Waals surface area contributed by atoms with E-state index in [-0.39, 0.29) is 29.9 Å². The molecule has 23 heavy (non-hydrogen) atoms. The number of benzene rings is 1. The van der Waals surface area contributed by atoms with Crippen molar-refractivity contribution in [3.63, 3.8) is 0 Å². The summed E-state index contributed by atoms with van der Waals surface area (Å²) in [5, 5.41) is 3.52. The lowest BCUT2D eigenvalue weighted by Gasteiger charge is -2.38. The van der Waals surface area contributed by atoms with Crippen LogP contribution < -0.4 is 5.32 Å². The Balaban J connectivity index is 1.41. The van der Waals surface area contributed by atoms with Gasteiger partial charge in [-0.1, -0.05) is 29.8 Å². The summed E-state index contributed by atoms with van der Waals surface area (Å²) in [6.45, 7) is 4.27. The average molecular weight is 313 g/mol. The highest BCUT2D eigenvalue weighted by Crippen LogP contribution is 2.32. The van der Waals surface area contributed by atoms with Gasteiger partial charge < -0.3 is 15.1 Å². The van der Waals surface area contributed by atoms with Crippen LogP contribution in [0.25, 0.3) is 0 Å². The molecule has 1 aromatic carbocycles. The predicted molar refractivity (Wildman–Crippen MR) is 86.7 cm³/mol. The highest BCUT2D eigenvalue weighted by Gasteiger charge is 2.51. The molecule has 0 bridgehead atoms. The summed E-state index contributed by atoms with van der Waals surface area (Å²) in [7, 11) is 0. The van der Waals surface area contributed by atoms with Gasteiger partial charge >= 0.3 is 0 Å². The maximum absolute atomic E-state index is 12.6. The van der Waals surface area contributed by atoms with E-state index < -0.39 is 0 Å². The number of carbonyl (C=O) groups is 2. The van der Waals surface area contributed by atoms with Crippen molar-refractivity contribution in [2.24, 2.45) is 0 Å². The highest BCUT2D eigenvalue weighted by atomic mass is 16.2. The summed E-state index contributed by atoms with van der Waals surface area (Å²) < 4.78 is 0. The van der Waals surface area contributed by atoms with E-state index in [0.717, 1.165) is 32.4 Å². The maximum Gasteiger partial charge on any atom is 0.246 e. The SMILES string of the molecule is Cc1ccc(CN[C@H]2C[C@H]3C(=O)N4CCC[C@@H]4C(=O)N3C2)cc1. The lowest BCUT2D eigenvalue weighted by Crippen LogP contribution is -2.60. The van der Waals surface area contributed by atoms with Crippen LogP contribution >= 0.6 is 0 Å². The summed E-state index contributed by atoms with van der Waals surface area (Å²) in [5.74, 6) is 0.318. The molecule has 2 amide bonds. The number of carbonyl (C=O) groups excluding carboxylic acids is 2. The highest BCUT2D eigenvalue weighted by molar-refractivity contribution is 5.98. The first-order valence-electron chi connectivity index (χ1n) is 8.53. The first-order valence-corrected chi connectivity index (χ1v) is 8.53. The fourth-order valence-corrected chi connectivity index (χ4v) is 4.10. The van der Waals surface area contributed by atoms with Crippen LogP contribution in [0.3, 0.4) is 0 Å². The van der Waals surface area contributed by atoms with Gasteiger partial charge in [0, 0.05) is 25.7 Å². The molecule has 3 fully saturated rings. The number of piperazine rings is 1. The first kappa shape index (κ1) is 14.7. The van der Waals surface area contributed by atoms with Crippen molar-refractivity contribution in [3.8, 4) is 0 Å². The largest absolute Gasteiger partial charge is 0.329 e. The third-order valence-electron chi connectivity index (χ3n) is 5.41. The summed E-state index contributed by atoms with van der Waals surface area (Å²) in [5.41, 5.74) is 2.49. The van der Waals surface area contributed by atoms with Gasteiger partial charge in [0.05, 0.1) is 0 Å². The second kappa shape index (κ2) is 5.64. The normalized spacial score (nSPS) is 29.9. The summed E-state index contributed by atoms with van der Waals surface area (Å²) >= 11 is 0. The topological polar surface area (TPSA) is 52.7 Å². The molecule has 122 valence electrons. The van der Waals surface area contributed by atoms with E-state index in [2.05, 4.69) is 36.5 Å². The molecule has 0 unspecified atom stereocenters. The number of hydrogen-bond donors (Lipinski definition) is 1. The minimum Gasteiger partial charge on any atom is -0.329 e. The molecule has 3 aliphatic heterocycles. The lowest BCUT2D eigenvalue weighted by molar-refractivity contribution is -0.156. The van der Waals surface area contributed by atoms with Gasteiger partial charge in [0.15, 0.2) is 0 Å². The van der Waals surface area contributed by atoms with Gasteiger partial charge in [0.2, 0.25) is 11.8 Å². The molecule has 0 aliphatic carbocycles. The van der Waals surface area contributed by atoms with Crippen molar-refractivity contribution in [2.75, 3.05) is 13.1 Å². The Morgan fingerprint density at radius 3 is 2.61 bits per heavy atom. The molecule has 4 rings (SSSR count). The molecule has 0 radical (unpaired) electrons. The number of hydrogen-bond acceptors (Lipinski definition) is 3. The molecule has 5 nitrogen and oxygen atoms in total. The van der Waals surface area contributed by atoms with Crippen molar-refractivity contribution < 1.29 is 9.59 Å². The Bertz CT molecular complexity index is 598. The van der Waals surface area contributed by atoms with Crippen LogP contribution in [0.5, 0.6) is 0 Å². The fourth-order valence-electron chi connectivity index (χ4n) is 4.10. The third-order valence-corrected chi connectivity index (χ3v) is 5.41. The third kappa shape index (κ3) is 2.53. The fraction of sp³-hybridized carbons (Fsp3) is 0.556. The Morgan fingerprint density at radius 2 is 1.83 bits per heavy atom. The van der Waals surface area contributed by atoms with E-state index in [1.165, 1.54) is 11.1 Å². The molecular weight excluding hydrogens is 290 g/mol. The van der Waals surface area contributed by atoms with E-state index in [0.29, 0.717) is 6.54 Å². The van der Waals surface area contributed by atoms with E-state index in [9.17, 15) is 9.59 Å². The van der Waals surface area contributed by atoms with Crippen molar-refractivity contribution in [3.05, 3.63) is 35.4 Å². The summed E-state index contributed by atoms with van der Waals surface area (Å²) in [6, 6.07) is 8.23. The molecule has 1 N–H and O–H groups in total. The van der Waals surface area contributed by atoms with Gasteiger partial charge in [-0.2, -0.15) is 0 Å². The Hall–Kier alpha value is -1.88. The summed E-state index contributed by atoms with van der Waals surface area (Å²) in [6.07, 6.45) is 2.52.